The van der Waals surface area contributed by atoms with Crippen LogP contribution in [-0.2, 0) is 25.5 Å². The van der Waals surface area contributed by atoms with E-state index < -0.39 is 41.2 Å². The molecule has 0 radical (unpaired) electrons. The molecule has 8 heteroatoms. The van der Waals surface area contributed by atoms with E-state index in [1.165, 1.54) is 4.90 Å². The number of likely N-dealkylation sites (tertiary alicyclic amines) is 1. The van der Waals surface area contributed by atoms with E-state index in [0.717, 1.165) is 5.56 Å². The molecule has 1 spiro atoms. The summed E-state index contributed by atoms with van der Waals surface area (Å²) in [6, 6.07) is 17.1. The number of anilines is 1. The summed E-state index contributed by atoms with van der Waals surface area (Å²) in [5.74, 6) is -2.42. The number of fused-ring (bicyclic) bond motifs is 1. The minimum absolute atomic E-state index is 0.281. The number of rotatable bonds is 7. The highest BCUT2D eigenvalue weighted by Gasteiger charge is 2.75. The zero-order chi connectivity index (χ0) is 26.4. The molecule has 3 N–H and O–H groups in total. The molecule has 3 amide bonds. The summed E-state index contributed by atoms with van der Waals surface area (Å²) in [5.41, 5.74) is -0.0525. The third kappa shape index (κ3) is 4.53. The standard InChI is InChI=1S/C29H35N3O5/c1-28(2,3)31-26(35)24-29-15-14-21(37-29)22(25(34)30-19-12-8-5-9-13-19)23(29)27(36)32(24)20(17-33)16-18-10-6-4-7-11-18/h4-13,20-24,33H,14-17H2,1-3H3,(H,30,34)(H,31,35)/t20-,21+,22-,23+,24?,29?/m1/s1. The van der Waals surface area contributed by atoms with Gasteiger partial charge in [0.1, 0.15) is 11.6 Å². The fraction of sp³-hybridized carbons (Fsp3) is 0.483. The second-order valence-corrected chi connectivity index (χ2v) is 11.4. The summed E-state index contributed by atoms with van der Waals surface area (Å²) in [6.07, 6.45) is 1.04. The van der Waals surface area contributed by atoms with Crippen molar-refractivity contribution in [2.24, 2.45) is 11.8 Å². The number of nitrogens with one attached hydrogen (secondary N) is 2. The molecule has 3 aliphatic heterocycles. The summed E-state index contributed by atoms with van der Waals surface area (Å²) >= 11 is 0. The lowest BCUT2D eigenvalue weighted by Crippen LogP contribution is -2.60. The molecule has 37 heavy (non-hydrogen) atoms. The van der Waals surface area contributed by atoms with Crippen LogP contribution in [0.3, 0.4) is 0 Å². The van der Waals surface area contributed by atoms with E-state index >= 15 is 0 Å². The summed E-state index contributed by atoms with van der Waals surface area (Å²) in [7, 11) is 0. The van der Waals surface area contributed by atoms with E-state index in [4.69, 9.17) is 4.74 Å². The minimum Gasteiger partial charge on any atom is -0.394 e. The first kappa shape index (κ1) is 25.4. The van der Waals surface area contributed by atoms with Gasteiger partial charge in [-0.2, -0.15) is 0 Å². The Kier molecular flexibility index (Phi) is 6.58. The van der Waals surface area contributed by atoms with Gasteiger partial charge in [0.05, 0.1) is 30.6 Å². The molecule has 3 aliphatic rings. The lowest BCUT2D eigenvalue weighted by Gasteiger charge is -2.38. The molecule has 2 bridgehead atoms. The van der Waals surface area contributed by atoms with Crippen LogP contribution in [0.5, 0.6) is 0 Å². The van der Waals surface area contributed by atoms with Crippen LogP contribution in [-0.4, -0.2) is 63.7 Å². The highest BCUT2D eigenvalue weighted by atomic mass is 16.5. The van der Waals surface area contributed by atoms with Crippen molar-refractivity contribution >= 4 is 23.4 Å². The zero-order valence-corrected chi connectivity index (χ0v) is 21.5. The molecule has 8 nitrogen and oxygen atoms in total. The molecule has 0 aromatic heterocycles. The number of nitrogens with zero attached hydrogens (tertiary/aromatic N) is 1. The lowest BCUT2D eigenvalue weighted by atomic mass is 9.70. The van der Waals surface area contributed by atoms with Gasteiger partial charge in [-0.3, -0.25) is 14.4 Å². The van der Waals surface area contributed by atoms with Crippen molar-refractivity contribution in [3.05, 3.63) is 66.2 Å². The maximum absolute atomic E-state index is 14.2. The van der Waals surface area contributed by atoms with Gasteiger partial charge in [-0.05, 0) is 57.7 Å². The number of carbonyl (C=O) groups excluding carboxylic acids is 3. The fourth-order valence-corrected chi connectivity index (χ4v) is 6.41. The average molecular weight is 506 g/mol. The Bertz CT molecular complexity index is 1170. The monoisotopic (exact) mass is 505 g/mol. The highest BCUT2D eigenvalue weighted by molar-refractivity contribution is 6.02. The number of aliphatic hydroxyl groups excluding tert-OH is 1. The van der Waals surface area contributed by atoms with Gasteiger partial charge >= 0.3 is 0 Å². The van der Waals surface area contributed by atoms with Gasteiger partial charge in [0.25, 0.3) is 0 Å². The quantitative estimate of drug-likeness (QED) is 0.536. The molecule has 3 saturated heterocycles. The van der Waals surface area contributed by atoms with Gasteiger partial charge in [-0.15, -0.1) is 0 Å². The molecule has 3 fully saturated rings. The first-order chi connectivity index (χ1) is 17.6. The molecule has 3 heterocycles. The smallest absolute Gasteiger partial charge is 0.246 e. The van der Waals surface area contributed by atoms with Crippen LogP contribution in [0, 0.1) is 11.8 Å². The van der Waals surface area contributed by atoms with Gasteiger partial charge in [0.2, 0.25) is 17.7 Å². The van der Waals surface area contributed by atoms with Crippen LogP contribution in [0.4, 0.5) is 5.69 Å². The van der Waals surface area contributed by atoms with Crippen LogP contribution < -0.4 is 10.6 Å². The normalized spacial score (nSPS) is 29.2. The Morgan fingerprint density at radius 3 is 2.35 bits per heavy atom. The fourth-order valence-electron chi connectivity index (χ4n) is 6.41. The topological polar surface area (TPSA) is 108 Å². The number of hydrogen-bond acceptors (Lipinski definition) is 5. The molecule has 6 atom stereocenters. The second kappa shape index (κ2) is 9.58. The molecule has 2 aromatic carbocycles. The number of para-hydroxylation sites is 1. The van der Waals surface area contributed by atoms with Crippen molar-refractivity contribution in [3.63, 3.8) is 0 Å². The molecular weight excluding hydrogens is 470 g/mol. The minimum atomic E-state index is -1.11. The number of hydrogen-bond donors (Lipinski definition) is 3. The van der Waals surface area contributed by atoms with Crippen LogP contribution in [0.1, 0.15) is 39.2 Å². The number of amides is 3. The summed E-state index contributed by atoms with van der Waals surface area (Å²) in [4.78, 5) is 43.0. The molecular formula is C29H35N3O5. The summed E-state index contributed by atoms with van der Waals surface area (Å²) < 4.78 is 6.48. The third-order valence-electron chi connectivity index (χ3n) is 7.75. The maximum atomic E-state index is 14.2. The summed E-state index contributed by atoms with van der Waals surface area (Å²) in [6.45, 7) is 5.35. The predicted molar refractivity (Wildman–Crippen MR) is 138 cm³/mol. The maximum Gasteiger partial charge on any atom is 0.246 e. The van der Waals surface area contributed by atoms with E-state index in [1.807, 2.05) is 69.3 Å². The summed E-state index contributed by atoms with van der Waals surface area (Å²) in [5, 5.41) is 16.4. The number of aliphatic hydroxyl groups is 1. The molecule has 5 rings (SSSR count). The van der Waals surface area contributed by atoms with Crippen molar-refractivity contribution in [1.29, 1.82) is 0 Å². The zero-order valence-electron chi connectivity index (χ0n) is 21.5. The van der Waals surface area contributed by atoms with Crippen molar-refractivity contribution in [2.45, 2.75) is 69.4 Å². The van der Waals surface area contributed by atoms with E-state index in [9.17, 15) is 19.5 Å². The molecule has 2 aromatic rings. The number of benzene rings is 2. The van der Waals surface area contributed by atoms with Gasteiger partial charge in [-0.1, -0.05) is 48.5 Å². The Balaban J connectivity index is 1.52. The highest BCUT2D eigenvalue weighted by Crippen LogP contribution is 2.59. The first-order valence-corrected chi connectivity index (χ1v) is 13.0. The Morgan fingerprint density at radius 1 is 1.08 bits per heavy atom. The average Bonchev–Trinajstić information content (AvgIpc) is 3.50. The van der Waals surface area contributed by atoms with E-state index in [0.29, 0.717) is 24.9 Å². The Hall–Kier alpha value is -3.23. The van der Waals surface area contributed by atoms with Crippen LogP contribution >= 0.6 is 0 Å². The first-order valence-electron chi connectivity index (χ1n) is 13.0. The van der Waals surface area contributed by atoms with E-state index in [1.54, 1.807) is 12.1 Å². The number of ether oxygens (including phenoxy) is 1. The van der Waals surface area contributed by atoms with Gasteiger partial charge in [0, 0.05) is 11.2 Å². The third-order valence-corrected chi connectivity index (χ3v) is 7.75. The Labute approximate surface area is 217 Å². The molecule has 2 unspecified atom stereocenters. The van der Waals surface area contributed by atoms with E-state index in [2.05, 4.69) is 10.6 Å². The van der Waals surface area contributed by atoms with Gasteiger partial charge < -0.3 is 25.4 Å². The van der Waals surface area contributed by atoms with Crippen molar-refractivity contribution in [3.8, 4) is 0 Å². The SMILES string of the molecule is CC(C)(C)NC(=O)C1N([C@@H](CO)Cc2ccccc2)C(=O)[C@@H]2[C@H](C(=O)Nc3ccccc3)[C@@H]3CCC12O3. The van der Waals surface area contributed by atoms with Crippen LogP contribution in [0.2, 0.25) is 0 Å². The molecule has 0 aliphatic carbocycles. The van der Waals surface area contributed by atoms with Gasteiger partial charge in [0.15, 0.2) is 0 Å². The molecule has 0 saturated carbocycles. The van der Waals surface area contributed by atoms with Gasteiger partial charge in [-0.25, -0.2) is 0 Å². The largest absolute Gasteiger partial charge is 0.394 e. The second-order valence-electron chi connectivity index (χ2n) is 11.4. The number of carbonyl (C=O) groups is 3. The van der Waals surface area contributed by atoms with Crippen molar-refractivity contribution < 1.29 is 24.2 Å². The Morgan fingerprint density at radius 2 is 1.73 bits per heavy atom. The van der Waals surface area contributed by atoms with Crippen molar-refractivity contribution in [2.75, 3.05) is 11.9 Å². The van der Waals surface area contributed by atoms with E-state index in [-0.39, 0.29) is 24.3 Å². The molecule has 196 valence electrons. The predicted octanol–water partition coefficient (Wildman–Crippen LogP) is 2.52. The van der Waals surface area contributed by atoms with Crippen LogP contribution in [0.15, 0.2) is 60.7 Å². The van der Waals surface area contributed by atoms with Crippen LogP contribution in [0.25, 0.3) is 0 Å². The van der Waals surface area contributed by atoms with Crippen molar-refractivity contribution in [1.82, 2.24) is 10.2 Å². The lowest BCUT2D eigenvalue weighted by molar-refractivity contribution is -0.145.